The molecule has 1 amide bonds. The molecule has 0 saturated heterocycles. The van der Waals surface area contributed by atoms with Crippen molar-refractivity contribution in [3.05, 3.63) is 51.5 Å². The molecular formula is C17H20N2O3S. The molecule has 23 heavy (non-hydrogen) atoms. The van der Waals surface area contributed by atoms with Gasteiger partial charge >= 0.3 is 5.97 Å². The third kappa shape index (κ3) is 4.63. The van der Waals surface area contributed by atoms with Crippen molar-refractivity contribution in [2.45, 2.75) is 26.7 Å². The summed E-state index contributed by atoms with van der Waals surface area (Å²) in [7, 11) is 0. The third-order valence-corrected chi connectivity index (χ3v) is 4.83. The maximum Gasteiger partial charge on any atom is 0.308 e. The summed E-state index contributed by atoms with van der Waals surface area (Å²) in [5, 5.41) is 13.0. The number of hydrogen-bond acceptors (Lipinski definition) is 4. The number of nitrogens with one attached hydrogen (secondary N) is 1. The van der Waals surface area contributed by atoms with Gasteiger partial charge in [-0.25, -0.2) is 4.98 Å². The SMILES string of the molecule is CCc1nc(C)c(C(=O)NCC(Cc2ccccc2)C(=O)O)s1. The van der Waals surface area contributed by atoms with Crippen LogP contribution in [0, 0.1) is 12.8 Å². The predicted molar refractivity (Wildman–Crippen MR) is 89.8 cm³/mol. The molecule has 0 aliphatic carbocycles. The van der Waals surface area contributed by atoms with Crippen LogP contribution in [-0.4, -0.2) is 28.5 Å². The highest BCUT2D eigenvalue weighted by Gasteiger charge is 2.21. The van der Waals surface area contributed by atoms with Crippen LogP contribution < -0.4 is 5.32 Å². The van der Waals surface area contributed by atoms with Gasteiger partial charge in [-0.15, -0.1) is 11.3 Å². The molecule has 0 aliphatic rings. The van der Waals surface area contributed by atoms with E-state index >= 15 is 0 Å². The molecule has 6 heteroatoms. The minimum atomic E-state index is -0.913. The maximum atomic E-state index is 12.2. The number of rotatable bonds is 7. The first-order valence-corrected chi connectivity index (χ1v) is 8.34. The molecule has 2 rings (SSSR count). The highest BCUT2D eigenvalue weighted by atomic mass is 32.1. The van der Waals surface area contributed by atoms with Gasteiger partial charge in [0.2, 0.25) is 0 Å². The number of thiazole rings is 1. The van der Waals surface area contributed by atoms with Crippen LogP contribution in [0.4, 0.5) is 0 Å². The van der Waals surface area contributed by atoms with Gasteiger partial charge in [-0.2, -0.15) is 0 Å². The molecule has 1 unspecified atom stereocenters. The van der Waals surface area contributed by atoms with Crippen LogP contribution >= 0.6 is 11.3 Å². The van der Waals surface area contributed by atoms with Crippen LogP contribution in [0.25, 0.3) is 0 Å². The Hall–Kier alpha value is -2.21. The monoisotopic (exact) mass is 332 g/mol. The van der Waals surface area contributed by atoms with Gasteiger partial charge in [-0.05, 0) is 25.3 Å². The molecule has 0 fully saturated rings. The number of nitrogens with zero attached hydrogens (tertiary/aromatic N) is 1. The van der Waals surface area contributed by atoms with E-state index in [-0.39, 0.29) is 12.5 Å². The molecule has 5 nitrogen and oxygen atoms in total. The summed E-state index contributed by atoms with van der Waals surface area (Å²) in [6.45, 7) is 3.88. The van der Waals surface area contributed by atoms with E-state index in [1.807, 2.05) is 37.3 Å². The molecule has 1 aromatic carbocycles. The summed E-state index contributed by atoms with van der Waals surface area (Å²) in [4.78, 5) is 28.5. The lowest BCUT2D eigenvalue weighted by atomic mass is 9.99. The second-order valence-corrected chi connectivity index (χ2v) is 6.39. The number of carboxylic acid groups (broad SMARTS) is 1. The van der Waals surface area contributed by atoms with E-state index in [9.17, 15) is 14.7 Å². The number of hydrogen-bond donors (Lipinski definition) is 2. The molecule has 0 radical (unpaired) electrons. The Morgan fingerprint density at radius 3 is 2.57 bits per heavy atom. The zero-order chi connectivity index (χ0) is 16.8. The second-order valence-electron chi connectivity index (χ2n) is 5.31. The lowest BCUT2D eigenvalue weighted by Crippen LogP contribution is -2.34. The summed E-state index contributed by atoms with van der Waals surface area (Å²) < 4.78 is 0. The van der Waals surface area contributed by atoms with Crippen molar-refractivity contribution in [2.24, 2.45) is 5.92 Å². The summed E-state index contributed by atoms with van der Waals surface area (Å²) in [6, 6.07) is 9.41. The minimum absolute atomic E-state index is 0.0991. The van der Waals surface area contributed by atoms with E-state index in [1.165, 1.54) is 11.3 Å². The van der Waals surface area contributed by atoms with Crippen LogP contribution in [0.3, 0.4) is 0 Å². The smallest absolute Gasteiger partial charge is 0.308 e. The number of aromatic nitrogens is 1. The molecular weight excluding hydrogens is 312 g/mol. The molecule has 2 N–H and O–H groups in total. The Kier molecular flexibility index (Phi) is 5.87. The predicted octanol–water partition coefficient (Wildman–Crippen LogP) is 2.69. The number of carbonyl (C=O) groups is 2. The quantitative estimate of drug-likeness (QED) is 0.817. The number of aryl methyl sites for hydroxylation is 2. The zero-order valence-corrected chi connectivity index (χ0v) is 14.0. The van der Waals surface area contributed by atoms with Gasteiger partial charge in [0, 0.05) is 6.54 Å². The van der Waals surface area contributed by atoms with Crippen LogP contribution in [-0.2, 0) is 17.6 Å². The van der Waals surface area contributed by atoms with E-state index in [4.69, 9.17) is 0 Å². The Morgan fingerprint density at radius 1 is 1.30 bits per heavy atom. The zero-order valence-electron chi connectivity index (χ0n) is 13.2. The molecule has 0 saturated carbocycles. The van der Waals surface area contributed by atoms with Gasteiger partial charge in [0.1, 0.15) is 4.88 Å². The molecule has 0 bridgehead atoms. The highest BCUT2D eigenvalue weighted by Crippen LogP contribution is 2.18. The van der Waals surface area contributed by atoms with Crippen molar-refractivity contribution in [2.75, 3.05) is 6.54 Å². The molecule has 1 aromatic heterocycles. The lowest BCUT2D eigenvalue weighted by Gasteiger charge is -2.13. The van der Waals surface area contributed by atoms with E-state index < -0.39 is 11.9 Å². The number of carbonyl (C=O) groups excluding carboxylic acids is 1. The Morgan fingerprint density at radius 2 is 2.00 bits per heavy atom. The lowest BCUT2D eigenvalue weighted by molar-refractivity contribution is -0.141. The standard InChI is InChI=1S/C17H20N2O3S/c1-3-14-19-11(2)15(23-14)16(20)18-10-13(17(21)22)9-12-7-5-4-6-8-12/h4-8,13H,3,9-10H2,1-2H3,(H,18,20)(H,21,22). The van der Waals surface area contributed by atoms with Gasteiger partial charge in [0.15, 0.2) is 0 Å². The summed E-state index contributed by atoms with van der Waals surface area (Å²) >= 11 is 1.36. The fraction of sp³-hybridized carbons (Fsp3) is 0.353. The molecule has 0 spiro atoms. The van der Waals surface area contributed by atoms with Crippen molar-refractivity contribution in [3.63, 3.8) is 0 Å². The average molecular weight is 332 g/mol. The Balaban J connectivity index is 1.99. The first-order chi connectivity index (χ1) is 11.0. The fourth-order valence-corrected chi connectivity index (χ4v) is 3.18. The molecule has 0 aliphatic heterocycles. The number of amides is 1. The van der Waals surface area contributed by atoms with Crippen LogP contribution in [0.1, 0.15) is 32.9 Å². The summed E-state index contributed by atoms with van der Waals surface area (Å²) in [5.74, 6) is -1.82. The first kappa shape index (κ1) is 17.1. The summed E-state index contributed by atoms with van der Waals surface area (Å²) in [6.07, 6.45) is 1.17. The van der Waals surface area contributed by atoms with Gasteiger partial charge in [-0.3, -0.25) is 9.59 Å². The van der Waals surface area contributed by atoms with E-state index in [1.54, 1.807) is 6.92 Å². The number of aliphatic carboxylic acids is 1. The van der Waals surface area contributed by atoms with Crippen molar-refractivity contribution in [3.8, 4) is 0 Å². The van der Waals surface area contributed by atoms with Crippen molar-refractivity contribution >= 4 is 23.2 Å². The largest absolute Gasteiger partial charge is 0.481 e. The normalized spacial score (nSPS) is 11.9. The van der Waals surface area contributed by atoms with E-state index in [2.05, 4.69) is 10.3 Å². The maximum absolute atomic E-state index is 12.2. The Bertz CT molecular complexity index is 682. The van der Waals surface area contributed by atoms with Gasteiger partial charge in [-0.1, -0.05) is 37.3 Å². The third-order valence-electron chi connectivity index (χ3n) is 3.53. The Labute approximate surface area is 139 Å². The highest BCUT2D eigenvalue weighted by molar-refractivity contribution is 7.13. The average Bonchev–Trinajstić information content (AvgIpc) is 2.93. The molecule has 2 aromatic rings. The van der Waals surface area contributed by atoms with Gasteiger partial charge in [0.25, 0.3) is 5.91 Å². The van der Waals surface area contributed by atoms with Crippen LogP contribution in [0.15, 0.2) is 30.3 Å². The van der Waals surface area contributed by atoms with Crippen molar-refractivity contribution < 1.29 is 14.7 Å². The van der Waals surface area contributed by atoms with Crippen LogP contribution in [0.5, 0.6) is 0 Å². The van der Waals surface area contributed by atoms with Gasteiger partial charge < -0.3 is 10.4 Å². The van der Waals surface area contributed by atoms with Crippen molar-refractivity contribution in [1.82, 2.24) is 10.3 Å². The first-order valence-electron chi connectivity index (χ1n) is 7.52. The van der Waals surface area contributed by atoms with E-state index in [0.29, 0.717) is 17.0 Å². The molecule has 1 atom stereocenters. The van der Waals surface area contributed by atoms with Gasteiger partial charge in [0.05, 0.1) is 16.6 Å². The summed E-state index contributed by atoms with van der Waals surface area (Å²) in [5.41, 5.74) is 1.63. The van der Waals surface area contributed by atoms with E-state index in [0.717, 1.165) is 17.0 Å². The number of benzene rings is 1. The second kappa shape index (κ2) is 7.87. The fourth-order valence-electron chi connectivity index (χ4n) is 2.26. The topological polar surface area (TPSA) is 79.3 Å². The molecule has 122 valence electrons. The van der Waals surface area contributed by atoms with Crippen molar-refractivity contribution in [1.29, 1.82) is 0 Å². The number of carboxylic acids is 1. The van der Waals surface area contributed by atoms with Crippen LogP contribution in [0.2, 0.25) is 0 Å². The molecule has 1 heterocycles. The minimum Gasteiger partial charge on any atom is -0.481 e.